The molecule has 1 aromatic rings. The Morgan fingerprint density at radius 3 is 2.48 bits per heavy atom. The summed E-state index contributed by atoms with van der Waals surface area (Å²) in [6.45, 7) is 1.68. The van der Waals surface area contributed by atoms with E-state index in [9.17, 15) is 14.4 Å². The van der Waals surface area contributed by atoms with Crippen molar-refractivity contribution in [2.75, 3.05) is 41.9 Å². The van der Waals surface area contributed by atoms with Gasteiger partial charge in [-0.3, -0.25) is 4.79 Å². The fourth-order valence-electron chi connectivity index (χ4n) is 2.82. The molecule has 1 atom stereocenters. The van der Waals surface area contributed by atoms with Crippen LogP contribution in [0.25, 0.3) is 0 Å². The van der Waals surface area contributed by atoms with Gasteiger partial charge in [-0.25, -0.2) is 9.59 Å². The Kier molecular flexibility index (Phi) is 8.25. The highest BCUT2D eigenvalue weighted by molar-refractivity contribution is 7.98. The molecule has 1 aliphatic rings. The lowest BCUT2D eigenvalue weighted by atomic mass is 10.2. The number of benzene rings is 1. The molecule has 1 aromatic carbocycles. The molecule has 1 fully saturated rings. The number of rotatable bonds is 9. The first kappa shape index (κ1) is 20.9. The van der Waals surface area contributed by atoms with Crippen LogP contribution >= 0.6 is 11.8 Å². The molecule has 0 spiro atoms. The average Bonchev–Trinajstić information content (AvgIpc) is 3.18. The normalized spacial score (nSPS) is 14.5. The summed E-state index contributed by atoms with van der Waals surface area (Å²) in [7, 11) is 0. The number of amides is 3. The van der Waals surface area contributed by atoms with E-state index in [1.165, 1.54) is 24.6 Å². The number of nitrogens with zero attached hydrogens (tertiary/aromatic N) is 1. The fraction of sp³-hybridized carbons (Fsp3) is 0.500. The molecular formula is C18H26N4O4S. The molecule has 9 heteroatoms. The van der Waals surface area contributed by atoms with Crippen LogP contribution in [-0.2, 0) is 14.3 Å². The molecule has 148 valence electrons. The molecule has 27 heavy (non-hydrogen) atoms. The number of hydrogen-bond donors (Lipinski definition) is 3. The fourth-order valence-corrected chi connectivity index (χ4v) is 3.29. The Hall–Kier alpha value is -2.42. The lowest BCUT2D eigenvalue weighted by Gasteiger charge is -2.18. The van der Waals surface area contributed by atoms with Crippen molar-refractivity contribution < 1.29 is 19.1 Å². The van der Waals surface area contributed by atoms with Crippen molar-refractivity contribution >= 4 is 41.0 Å². The van der Waals surface area contributed by atoms with Crippen LogP contribution in [0.3, 0.4) is 0 Å². The van der Waals surface area contributed by atoms with Crippen LogP contribution in [0.15, 0.2) is 24.3 Å². The third kappa shape index (κ3) is 7.01. The Morgan fingerprint density at radius 2 is 1.89 bits per heavy atom. The molecule has 0 aliphatic carbocycles. The third-order valence-corrected chi connectivity index (χ3v) is 4.82. The first-order valence-electron chi connectivity index (χ1n) is 8.86. The Balaban J connectivity index is 1.80. The largest absolute Gasteiger partial charge is 0.454 e. The Labute approximate surface area is 163 Å². The molecule has 0 radical (unpaired) electrons. The number of nitrogens with one attached hydrogen (secondary N) is 2. The van der Waals surface area contributed by atoms with E-state index in [2.05, 4.69) is 15.5 Å². The van der Waals surface area contributed by atoms with E-state index in [0.29, 0.717) is 17.9 Å². The van der Waals surface area contributed by atoms with Gasteiger partial charge in [0.1, 0.15) is 6.04 Å². The highest BCUT2D eigenvalue weighted by atomic mass is 32.2. The predicted octanol–water partition coefficient (Wildman–Crippen LogP) is 1.56. The summed E-state index contributed by atoms with van der Waals surface area (Å²) >= 11 is 1.53. The summed E-state index contributed by atoms with van der Waals surface area (Å²) in [6.07, 6.45) is 4.66. The van der Waals surface area contributed by atoms with Crippen molar-refractivity contribution in [3.63, 3.8) is 0 Å². The number of anilines is 2. The van der Waals surface area contributed by atoms with Crippen LogP contribution in [0.4, 0.5) is 16.2 Å². The first-order chi connectivity index (χ1) is 13.0. The molecule has 3 amide bonds. The zero-order chi connectivity index (χ0) is 19.6. The minimum atomic E-state index is -0.859. The van der Waals surface area contributed by atoms with Gasteiger partial charge in [0.25, 0.3) is 5.91 Å². The average molecular weight is 394 g/mol. The van der Waals surface area contributed by atoms with Gasteiger partial charge in [-0.05, 0) is 55.5 Å². The maximum Gasteiger partial charge on any atom is 0.329 e. The van der Waals surface area contributed by atoms with Gasteiger partial charge < -0.3 is 26.0 Å². The number of primary amides is 1. The number of esters is 1. The molecular weight excluding hydrogens is 368 g/mol. The second kappa shape index (κ2) is 10.7. The van der Waals surface area contributed by atoms with Gasteiger partial charge >= 0.3 is 12.0 Å². The quantitative estimate of drug-likeness (QED) is 0.548. The monoisotopic (exact) mass is 394 g/mol. The van der Waals surface area contributed by atoms with Gasteiger partial charge in [0.15, 0.2) is 6.61 Å². The van der Waals surface area contributed by atoms with Crippen molar-refractivity contribution in [3.8, 4) is 0 Å². The third-order valence-electron chi connectivity index (χ3n) is 4.18. The summed E-state index contributed by atoms with van der Waals surface area (Å²) in [5.41, 5.74) is 6.83. The molecule has 0 bridgehead atoms. The second-order valence-corrected chi connectivity index (χ2v) is 7.23. The number of ether oxygens (including phenoxy) is 1. The Morgan fingerprint density at radius 1 is 1.22 bits per heavy atom. The summed E-state index contributed by atoms with van der Waals surface area (Å²) in [5, 5.41) is 5.02. The zero-order valence-electron chi connectivity index (χ0n) is 15.4. The van der Waals surface area contributed by atoms with Crippen LogP contribution in [0, 0.1) is 0 Å². The molecule has 0 unspecified atom stereocenters. The molecule has 1 saturated heterocycles. The van der Waals surface area contributed by atoms with Crippen molar-refractivity contribution in [1.29, 1.82) is 0 Å². The Bertz CT molecular complexity index is 647. The lowest BCUT2D eigenvalue weighted by molar-refractivity contribution is -0.149. The summed E-state index contributed by atoms with van der Waals surface area (Å²) in [6, 6.07) is 5.90. The number of hydrogen-bond acceptors (Lipinski definition) is 6. The topological polar surface area (TPSA) is 114 Å². The highest BCUT2D eigenvalue weighted by Crippen LogP contribution is 2.21. The van der Waals surface area contributed by atoms with Crippen molar-refractivity contribution in [1.82, 2.24) is 5.32 Å². The van der Waals surface area contributed by atoms with Crippen LogP contribution < -0.4 is 21.3 Å². The minimum Gasteiger partial charge on any atom is -0.454 e. The molecule has 8 nitrogen and oxygen atoms in total. The molecule has 4 N–H and O–H groups in total. The maximum atomic E-state index is 12.0. The van der Waals surface area contributed by atoms with Gasteiger partial charge in [0.2, 0.25) is 0 Å². The van der Waals surface area contributed by atoms with Crippen molar-refractivity contribution in [3.05, 3.63) is 24.3 Å². The number of thioether (sulfide) groups is 1. The number of urea groups is 1. The zero-order valence-corrected chi connectivity index (χ0v) is 16.2. The van der Waals surface area contributed by atoms with E-state index in [0.717, 1.165) is 18.8 Å². The molecule has 2 rings (SSSR count). The maximum absolute atomic E-state index is 12.0. The minimum absolute atomic E-state index is 0.378. The van der Waals surface area contributed by atoms with Gasteiger partial charge in [-0.1, -0.05) is 0 Å². The van der Waals surface area contributed by atoms with E-state index >= 15 is 0 Å². The van der Waals surface area contributed by atoms with E-state index in [1.54, 1.807) is 0 Å². The van der Waals surface area contributed by atoms with Crippen molar-refractivity contribution in [2.45, 2.75) is 25.3 Å². The molecule has 1 aliphatic heterocycles. The number of carbonyl (C=O) groups is 3. The highest BCUT2D eigenvalue weighted by Gasteiger charge is 2.22. The van der Waals surface area contributed by atoms with Crippen LogP contribution in [0.1, 0.15) is 19.3 Å². The van der Waals surface area contributed by atoms with Crippen molar-refractivity contribution in [2.24, 2.45) is 5.73 Å². The number of nitrogens with two attached hydrogens (primary N) is 1. The molecule has 1 heterocycles. The van der Waals surface area contributed by atoms with E-state index in [-0.39, 0.29) is 0 Å². The standard InChI is InChI=1S/C18H26N4O4S/c1-27-11-8-15(21-18(19)25)17(24)26-12-16(23)20-13-4-6-14(7-5-13)22-9-2-3-10-22/h4-7,15H,2-3,8-12H2,1H3,(H,20,23)(H3,19,21,25)/t15-/m0/s1. The van der Waals surface area contributed by atoms with Crippen LogP contribution in [0.5, 0.6) is 0 Å². The van der Waals surface area contributed by atoms with Crippen LogP contribution in [0.2, 0.25) is 0 Å². The van der Waals surface area contributed by atoms with Gasteiger partial charge in [0.05, 0.1) is 0 Å². The van der Waals surface area contributed by atoms with Gasteiger partial charge in [-0.15, -0.1) is 0 Å². The summed E-state index contributed by atoms with van der Waals surface area (Å²) < 4.78 is 5.00. The molecule has 0 aromatic heterocycles. The van der Waals surface area contributed by atoms with Gasteiger partial charge in [0, 0.05) is 24.5 Å². The first-order valence-corrected chi connectivity index (χ1v) is 10.3. The van der Waals surface area contributed by atoms with Crippen LogP contribution in [-0.4, -0.2) is 55.7 Å². The smallest absolute Gasteiger partial charge is 0.329 e. The number of carbonyl (C=O) groups excluding carboxylic acids is 3. The summed E-state index contributed by atoms with van der Waals surface area (Å²) in [5.74, 6) is -0.474. The van der Waals surface area contributed by atoms with Gasteiger partial charge in [-0.2, -0.15) is 11.8 Å². The van der Waals surface area contributed by atoms with E-state index in [1.807, 2.05) is 30.5 Å². The molecule has 0 saturated carbocycles. The lowest BCUT2D eigenvalue weighted by Crippen LogP contribution is -2.45. The predicted molar refractivity (Wildman–Crippen MR) is 107 cm³/mol. The van der Waals surface area contributed by atoms with E-state index < -0.39 is 30.6 Å². The summed E-state index contributed by atoms with van der Waals surface area (Å²) in [4.78, 5) is 37.3. The van der Waals surface area contributed by atoms with E-state index in [4.69, 9.17) is 10.5 Å². The SMILES string of the molecule is CSCC[C@H](NC(N)=O)C(=O)OCC(=O)Nc1ccc(N2CCCC2)cc1. The second-order valence-electron chi connectivity index (χ2n) is 6.24.